The summed E-state index contributed by atoms with van der Waals surface area (Å²) in [6.07, 6.45) is 0. The summed E-state index contributed by atoms with van der Waals surface area (Å²) in [5.41, 5.74) is 4.96. The fourth-order valence-corrected chi connectivity index (χ4v) is 7.34. The number of morpholine rings is 2. The lowest BCUT2D eigenvalue weighted by atomic mass is 10.1. The lowest BCUT2D eigenvalue weighted by Gasteiger charge is -2.28. The number of rotatable bonds is 6. The van der Waals surface area contributed by atoms with Crippen molar-refractivity contribution in [3.05, 3.63) is 82.6 Å². The van der Waals surface area contributed by atoms with E-state index in [9.17, 15) is 9.90 Å². The van der Waals surface area contributed by atoms with E-state index in [1.165, 1.54) is 7.11 Å². The second-order valence-corrected chi connectivity index (χ2v) is 13.0. The molecule has 2 aliphatic rings. The molecule has 0 bridgehead atoms. The van der Waals surface area contributed by atoms with Crippen LogP contribution in [0.2, 0.25) is 0 Å². The largest absolute Gasteiger partial charge is 0.465 e. The van der Waals surface area contributed by atoms with E-state index in [2.05, 4.69) is 20.2 Å². The molecule has 2 fully saturated rings. The molecule has 2 aliphatic heterocycles. The van der Waals surface area contributed by atoms with E-state index in [1.54, 1.807) is 34.8 Å². The van der Waals surface area contributed by atoms with Crippen molar-refractivity contribution in [2.45, 2.75) is 6.61 Å². The fraction of sp³-hybridized carbons (Fsp3) is 0.286. The minimum absolute atomic E-state index is 0.0187. The van der Waals surface area contributed by atoms with E-state index in [0.717, 1.165) is 88.2 Å². The molecule has 11 nitrogen and oxygen atoms in total. The Hall–Kier alpha value is -4.53. The van der Waals surface area contributed by atoms with Crippen LogP contribution in [0, 0.1) is 0 Å². The summed E-state index contributed by atoms with van der Waals surface area (Å²) >= 11 is 3.31. The smallest absolute Gasteiger partial charge is 0.337 e. The maximum atomic E-state index is 11.8. The Morgan fingerprint density at radius 1 is 0.750 bits per heavy atom. The molecule has 0 spiro atoms. The number of nitrogens with zero attached hydrogens (tertiary/aromatic N) is 6. The van der Waals surface area contributed by atoms with E-state index in [-0.39, 0.29) is 12.6 Å². The Balaban J connectivity index is 0.000000152. The third-order valence-electron chi connectivity index (χ3n) is 8.10. The molecule has 6 heterocycles. The van der Waals surface area contributed by atoms with Crippen molar-refractivity contribution >= 4 is 60.7 Å². The summed E-state index contributed by atoms with van der Waals surface area (Å²) in [4.78, 5) is 35.3. The number of thiophene rings is 2. The van der Waals surface area contributed by atoms with Gasteiger partial charge in [-0.05, 0) is 46.7 Å². The first-order valence-electron chi connectivity index (χ1n) is 15.7. The lowest BCUT2D eigenvalue weighted by Crippen LogP contribution is -2.36. The highest BCUT2D eigenvalue weighted by Crippen LogP contribution is 2.33. The predicted molar refractivity (Wildman–Crippen MR) is 189 cm³/mol. The standard InChI is InChI=1S/C18H17N3O3S.C17H17N3O2S/c1-23-18(22)13-4-2-3-12(11-13)16-19-14-5-10-25-15(14)17(20-16)21-6-8-24-9-7-21;21-11-12-2-1-3-13(10-12)16-18-14-4-9-23-15(14)17(19-16)20-5-7-22-8-6-20/h2-5,10-11H,6-9H2,1H3;1-4,9-10,21H,5-8,11H2. The second kappa shape index (κ2) is 14.7. The molecule has 2 saturated heterocycles. The van der Waals surface area contributed by atoms with Crippen molar-refractivity contribution in [2.24, 2.45) is 0 Å². The number of aliphatic hydroxyl groups is 1. The van der Waals surface area contributed by atoms with Crippen molar-refractivity contribution in [2.75, 3.05) is 69.5 Å². The van der Waals surface area contributed by atoms with Gasteiger partial charge < -0.3 is 29.1 Å². The van der Waals surface area contributed by atoms with E-state index in [4.69, 9.17) is 29.2 Å². The van der Waals surface area contributed by atoms with Crippen LogP contribution < -0.4 is 9.80 Å². The number of fused-ring (bicyclic) bond motifs is 2. The van der Waals surface area contributed by atoms with Gasteiger partial charge in [0, 0.05) is 37.3 Å². The summed E-state index contributed by atoms with van der Waals surface area (Å²) in [5.74, 6) is 2.86. The van der Waals surface area contributed by atoms with E-state index >= 15 is 0 Å². The molecule has 0 amide bonds. The van der Waals surface area contributed by atoms with Gasteiger partial charge in [0.1, 0.15) is 0 Å². The molecule has 0 saturated carbocycles. The van der Waals surface area contributed by atoms with Gasteiger partial charge in [-0.15, -0.1) is 22.7 Å². The van der Waals surface area contributed by atoms with Crippen molar-refractivity contribution in [1.29, 1.82) is 0 Å². The van der Waals surface area contributed by atoms with Crippen molar-refractivity contribution in [3.8, 4) is 22.8 Å². The van der Waals surface area contributed by atoms with Gasteiger partial charge in [0.05, 0.1) is 66.1 Å². The molecule has 246 valence electrons. The number of anilines is 2. The van der Waals surface area contributed by atoms with Gasteiger partial charge in [-0.25, -0.2) is 24.7 Å². The molecule has 0 aliphatic carbocycles. The Morgan fingerprint density at radius 3 is 1.79 bits per heavy atom. The lowest BCUT2D eigenvalue weighted by molar-refractivity contribution is 0.0600. The third-order valence-corrected chi connectivity index (χ3v) is 9.90. The van der Waals surface area contributed by atoms with Crippen LogP contribution >= 0.6 is 22.7 Å². The first-order valence-corrected chi connectivity index (χ1v) is 17.4. The zero-order chi connectivity index (χ0) is 32.9. The van der Waals surface area contributed by atoms with Gasteiger partial charge in [-0.1, -0.05) is 30.3 Å². The van der Waals surface area contributed by atoms with Gasteiger partial charge in [0.25, 0.3) is 0 Å². The zero-order valence-corrected chi connectivity index (χ0v) is 28.0. The molecule has 6 aromatic rings. The van der Waals surface area contributed by atoms with Crippen molar-refractivity contribution < 1.29 is 24.1 Å². The van der Waals surface area contributed by atoms with Gasteiger partial charge in [0.2, 0.25) is 0 Å². The summed E-state index contributed by atoms with van der Waals surface area (Å²) < 4.78 is 17.9. The number of hydrogen-bond acceptors (Lipinski definition) is 13. The molecule has 13 heteroatoms. The highest BCUT2D eigenvalue weighted by atomic mass is 32.1. The number of carbonyl (C=O) groups is 1. The van der Waals surface area contributed by atoms with Gasteiger partial charge in [0.15, 0.2) is 23.3 Å². The number of hydrogen-bond donors (Lipinski definition) is 1. The Bertz CT molecular complexity index is 2040. The van der Waals surface area contributed by atoms with Crippen molar-refractivity contribution in [1.82, 2.24) is 19.9 Å². The second-order valence-electron chi connectivity index (χ2n) is 11.1. The first-order chi connectivity index (χ1) is 23.6. The summed E-state index contributed by atoms with van der Waals surface area (Å²) in [6, 6.07) is 19.0. The third kappa shape index (κ3) is 6.86. The monoisotopic (exact) mass is 682 g/mol. The molecular formula is C35H34N6O5S2. The van der Waals surface area contributed by atoms with Gasteiger partial charge >= 0.3 is 5.97 Å². The van der Waals surface area contributed by atoms with Crippen molar-refractivity contribution in [3.63, 3.8) is 0 Å². The highest BCUT2D eigenvalue weighted by Gasteiger charge is 2.20. The number of esters is 1. The average Bonchev–Trinajstić information content (AvgIpc) is 3.85. The fourth-order valence-electron chi connectivity index (χ4n) is 5.65. The molecule has 4 aromatic heterocycles. The van der Waals surface area contributed by atoms with Crippen LogP contribution in [-0.2, 0) is 20.8 Å². The minimum Gasteiger partial charge on any atom is -0.465 e. The molecule has 48 heavy (non-hydrogen) atoms. The van der Waals surface area contributed by atoms with E-state index in [0.29, 0.717) is 30.4 Å². The number of methoxy groups -OCH3 is 1. The maximum Gasteiger partial charge on any atom is 0.337 e. The zero-order valence-electron chi connectivity index (χ0n) is 26.4. The topological polar surface area (TPSA) is 123 Å². The van der Waals surface area contributed by atoms with E-state index < -0.39 is 0 Å². The van der Waals surface area contributed by atoms with Crippen LogP contribution in [0.15, 0.2) is 71.4 Å². The number of carbonyl (C=O) groups excluding carboxylic acids is 1. The van der Waals surface area contributed by atoms with Gasteiger partial charge in [-0.2, -0.15) is 0 Å². The van der Waals surface area contributed by atoms with Crippen LogP contribution in [0.5, 0.6) is 0 Å². The molecule has 2 aromatic carbocycles. The number of benzene rings is 2. The Labute approximate surface area is 285 Å². The summed E-state index contributed by atoms with van der Waals surface area (Å²) in [7, 11) is 1.37. The first kappa shape index (κ1) is 32.0. The van der Waals surface area contributed by atoms with Crippen LogP contribution in [0.1, 0.15) is 15.9 Å². The molecule has 1 N–H and O–H groups in total. The molecule has 0 unspecified atom stereocenters. The highest BCUT2D eigenvalue weighted by molar-refractivity contribution is 7.18. The van der Waals surface area contributed by atoms with Crippen LogP contribution in [0.25, 0.3) is 43.2 Å². The van der Waals surface area contributed by atoms with Crippen LogP contribution in [-0.4, -0.2) is 90.7 Å². The predicted octanol–water partition coefficient (Wildman–Crippen LogP) is 5.67. The minimum atomic E-state index is -0.369. The summed E-state index contributed by atoms with van der Waals surface area (Å²) in [5, 5.41) is 13.4. The quantitative estimate of drug-likeness (QED) is 0.219. The maximum absolute atomic E-state index is 11.8. The normalized spacial score (nSPS) is 15.0. The van der Waals surface area contributed by atoms with Crippen LogP contribution in [0.4, 0.5) is 11.6 Å². The number of ether oxygens (including phenoxy) is 3. The van der Waals surface area contributed by atoms with Crippen LogP contribution in [0.3, 0.4) is 0 Å². The molecular weight excluding hydrogens is 649 g/mol. The number of aromatic nitrogens is 4. The molecule has 8 rings (SSSR count). The number of aliphatic hydroxyl groups excluding tert-OH is 1. The Morgan fingerprint density at radius 2 is 1.27 bits per heavy atom. The molecule has 0 atom stereocenters. The van der Waals surface area contributed by atoms with E-state index in [1.807, 2.05) is 53.9 Å². The SMILES string of the molecule is COC(=O)c1cccc(-c2nc(N3CCOCC3)c3sccc3n2)c1.OCc1cccc(-c2nc(N3CCOCC3)c3sccc3n2)c1. The van der Waals surface area contributed by atoms with Gasteiger partial charge in [-0.3, -0.25) is 0 Å². The summed E-state index contributed by atoms with van der Waals surface area (Å²) in [6.45, 7) is 6.19. The average molecular weight is 683 g/mol. The molecule has 0 radical (unpaired) electrons. The Kier molecular flexibility index (Phi) is 9.82.